The van der Waals surface area contributed by atoms with E-state index >= 15 is 0 Å². The van der Waals surface area contributed by atoms with E-state index in [0.29, 0.717) is 21.3 Å². The Morgan fingerprint density at radius 2 is 2.00 bits per heavy atom. The van der Waals surface area contributed by atoms with E-state index in [-0.39, 0.29) is 50.0 Å². The van der Waals surface area contributed by atoms with Crippen molar-refractivity contribution in [2.75, 3.05) is 25.1 Å². The predicted molar refractivity (Wildman–Crippen MR) is 145 cm³/mol. The molecule has 216 valence electrons. The van der Waals surface area contributed by atoms with Gasteiger partial charge in [-0.1, -0.05) is 6.07 Å². The number of hydrogen-bond acceptors (Lipinski definition) is 9. The van der Waals surface area contributed by atoms with Crippen molar-refractivity contribution in [1.29, 1.82) is 0 Å². The molecule has 2 aromatic heterocycles. The molecule has 5 heterocycles. The fourth-order valence-electron chi connectivity index (χ4n) is 5.55. The van der Waals surface area contributed by atoms with E-state index in [9.17, 15) is 23.9 Å². The Labute approximate surface area is 241 Å². The van der Waals surface area contributed by atoms with Gasteiger partial charge in [0.1, 0.15) is 58.9 Å². The number of nitrogens with zero attached hydrogens (tertiary/aromatic N) is 4. The fourth-order valence-corrected chi connectivity index (χ4v) is 5.89. The van der Waals surface area contributed by atoms with Crippen LogP contribution in [0.3, 0.4) is 0 Å². The molecule has 0 saturated carbocycles. The second kappa shape index (κ2) is 11.1. The van der Waals surface area contributed by atoms with Crippen LogP contribution < -0.4 is 10.1 Å². The average Bonchev–Trinajstić information content (AvgIpc) is 3.69. The van der Waals surface area contributed by atoms with Gasteiger partial charge in [-0.25, -0.2) is 9.37 Å². The topological polar surface area (TPSA) is 145 Å². The molecule has 3 saturated heterocycles. The Kier molecular flexibility index (Phi) is 7.49. The van der Waals surface area contributed by atoms with E-state index in [0.717, 1.165) is 0 Å². The number of ether oxygens (including phenoxy) is 3. The van der Waals surface area contributed by atoms with Crippen molar-refractivity contribution >= 4 is 50.2 Å². The van der Waals surface area contributed by atoms with E-state index in [1.54, 1.807) is 36.4 Å². The molecule has 12 nitrogen and oxygen atoms in total. The van der Waals surface area contributed by atoms with Crippen molar-refractivity contribution in [3.63, 3.8) is 0 Å². The molecule has 6 rings (SSSR count). The number of carbonyl (C=O) groups is 3. The number of aliphatic hydroxyl groups is 1. The molecule has 1 aromatic carbocycles. The first kappa shape index (κ1) is 27.7. The first-order chi connectivity index (χ1) is 19.7. The molecule has 3 aliphatic heterocycles. The summed E-state index contributed by atoms with van der Waals surface area (Å²) in [6.45, 7) is 1.25. The molecule has 3 aromatic rings. The largest absolute Gasteiger partial charge is 0.485 e. The summed E-state index contributed by atoms with van der Waals surface area (Å²) >= 11 is 3.24. The van der Waals surface area contributed by atoms with Gasteiger partial charge in [-0.3, -0.25) is 19.1 Å². The summed E-state index contributed by atoms with van der Waals surface area (Å²) in [6.07, 6.45) is -3.50. The zero-order valence-electron chi connectivity index (χ0n) is 21.9. The predicted octanol–water partition coefficient (Wildman–Crippen LogP) is 1.88. The van der Waals surface area contributed by atoms with Crippen LogP contribution in [0, 0.1) is 0 Å². The van der Waals surface area contributed by atoms with E-state index in [1.807, 2.05) is 0 Å². The number of nitrogens with one attached hydrogen (secondary N) is 1. The number of fused-ring (bicyclic) bond motifs is 2. The van der Waals surface area contributed by atoms with Gasteiger partial charge in [0.25, 0.3) is 0 Å². The molecule has 1 unspecified atom stereocenters. The van der Waals surface area contributed by atoms with Crippen molar-refractivity contribution in [1.82, 2.24) is 19.7 Å². The highest BCUT2D eigenvalue weighted by molar-refractivity contribution is 9.10. The number of hydrogen-bond donors (Lipinski definition) is 2. The minimum atomic E-state index is -1.36. The minimum absolute atomic E-state index is 0.141. The van der Waals surface area contributed by atoms with E-state index in [1.165, 1.54) is 16.5 Å². The number of alkyl halides is 1. The Hall–Kier alpha value is -3.46. The van der Waals surface area contributed by atoms with Gasteiger partial charge in [0.05, 0.1) is 25.3 Å². The maximum absolute atomic E-state index is 14.5. The number of likely N-dealkylation sites (tertiary alicyclic amines) is 1. The molecule has 3 fully saturated rings. The molecule has 3 aliphatic rings. The number of halogens is 2. The van der Waals surface area contributed by atoms with Gasteiger partial charge in [-0.15, -0.1) is 0 Å². The zero-order valence-corrected chi connectivity index (χ0v) is 23.5. The van der Waals surface area contributed by atoms with Crippen LogP contribution in [0.5, 0.6) is 5.75 Å². The molecule has 6 atom stereocenters. The van der Waals surface area contributed by atoms with Crippen LogP contribution >= 0.6 is 15.9 Å². The number of carbonyl (C=O) groups excluding carboxylic acids is 3. The Morgan fingerprint density at radius 3 is 2.78 bits per heavy atom. The number of amides is 2. The van der Waals surface area contributed by atoms with Crippen molar-refractivity contribution < 1.29 is 38.1 Å². The summed E-state index contributed by atoms with van der Waals surface area (Å²) in [4.78, 5) is 44.1. The van der Waals surface area contributed by atoms with E-state index < -0.39 is 48.4 Å². The van der Waals surface area contributed by atoms with Gasteiger partial charge in [0, 0.05) is 18.7 Å². The van der Waals surface area contributed by atoms with Crippen molar-refractivity contribution in [3.05, 3.63) is 46.7 Å². The van der Waals surface area contributed by atoms with Gasteiger partial charge in [-0.05, 0) is 46.3 Å². The average molecular weight is 632 g/mol. The second-order valence-electron chi connectivity index (χ2n) is 10.3. The van der Waals surface area contributed by atoms with Crippen molar-refractivity contribution in [2.24, 2.45) is 0 Å². The van der Waals surface area contributed by atoms with Crippen molar-refractivity contribution in [2.45, 2.75) is 56.5 Å². The molecule has 41 heavy (non-hydrogen) atoms. The highest BCUT2D eigenvalue weighted by Gasteiger charge is 2.48. The number of aromatic nitrogens is 3. The molecule has 14 heteroatoms. The lowest BCUT2D eigenvalue weighted by molar-refractivity contribution is -0.137. The first-order valence-electron chi connectivity index (χ1n) is 13.1. The fraction of sp³-hybridized carbons (Fsp3) is 0.444. The highest BCUT2D eigenvalue weighted by Crippen LogP contribution is 2.32. The van der Waals surface area contributed by atoms with Crippen LogP contribution in [-0.4, -0.2) is 98.8 Å². The summed E-state index contributed by atoms with van der Waals surface area (Å²) in [7, 11) is 0. The molecule has 0 spiro atoms. The first-order valence-corrected chi connectivity index (χ1v) is 13.9. The normalized spacial score (nSPS) is 27.3. The van der Waals surface area contributed by atoms with Crippen LogP contribution in [0.15, 0.2) is 41.0 Å². The monoisotopic (exact) mass is 631 g/mol. The number of anilines is 1. The van der Waals surface area contributed by atoms with Crippen LogP contribution in [0.4, 0.5) is 10.2 Å². The van der Waals surface area contributed by atoms with Gasteiger partial charge in [-0.2, -0.15) is 5.10 Å². The lowest BCUT2D eigenvalue weighted by Crippen LogP contribution is -2.44. The summed E-state index contributed by atoms with van der Waals surface area (Å²) < 4.78 is 33.7. The Balaban J connectivity index is 1.20. The van der Waals surface area contributed by atoms with Crippen LogP contribution in [0.25, 0.3) is 10.9 Å². The van der Waals surface area contributed by atoms with E-state index in [4.69, 9.17) is 14.2 Å². The standard InChI is InChI=1S/C27H27BrFN5O7/c1-13(35)24-16-8-15(41-20-12-40-25-19(36)11-39-26(20)25)5-6-17(16)34(32-24)10-23(37)33-9-14(29)7-18(33)27(38)31-22-4-2-3-21(28)30-22/h2-6,8,14,18-20,25-26,36H,7,9-12H2,1H3,(H,30,31,38)/t14-,18+,19-,20-,25-,26?/m1/s1. The number of ketones is 1. The number of aliphatic hydroxyl groups excluding tert-OH is 1. The maximum atomic E-state index is 14.5. The summed E-state index contributed by atoms with van der Waals surface area (Å²) in [5, 5.41) is 17.5. The lowest BCUT2D eigenvalue weighted by atomic mass is 10.1. The SMILES string of the molecule is CC(=O)c1nn(CC(=O)N2C[C@H](F)C[C@H]2C(=O)Nc2cccc(Br)n2)c2ccc(O[C@@H]3CO[C@H]4C3OC[C@H]4O)cc12. The number of benzene rings is 1. The summed E-state index contributed by atoms with van der Waals surface area (Å²) in [5.74, 6) is -0.649. The molecule has 0 radical (unpaired) electrons. The van der Waals surface area contributed by atoms with Crippen LogP contribution in [-0.2, 0) is 25.6 Å². The molecule has 0 aliphatic carbocycles. The molecular formula is C27H27BrFN5O7. The number of Topliss-reactive ketones (excluding diaryl/α,β-unsaturated/α-hetero) is 1. The number of pyridine rings is 1. The zero-order chi connectivity index (χ0) is 28.8. The third-order valence-electron chi connectivity index (χ3n) is 7.45. The van der Waals surface area contributed by atoms with Crippen molar-refractivity contribution in [3.8, 4) is 5.75 Å². The second-order valence-corrected chi connectivity index (χ2v) is 11.1. The third kappa shape index (κ3) is 5.44. The number of rotatable bonds is 7. The van der Waals surface area contributed by atoms with Gasteiger partial charge < -0.3 is 29.5 Å². The minimum Gasteiger partial charge on any atom is -0.485 e. The molecule has 0 bridgehead atoms. The molecular weight excluding hydrogens is 605 g/mol. The molecule has 2 amide bonds. The lowest BCUT2D eigenvalue weighted by Gasteiger charge is -2.23. The van der Waals surface area contributed by atoms with E-state index in [2.05, 4.69) is 31.3 Å². The highest BCUT2D eigenvalue weighted by atomic mass is 79.9. The van der Waals surface area contributed by atoms with Crippen LogP contribution in [0.1, 0.15) is 23.8 Å². The maximum Gasteiger partial charge on any atom is 0.248 e. The quantitative estimate of drug-likeness (QED) is 0.295. The van der Waals surface area contributed by atoms with Gasteiger partial charge in [0.2, 0.25) is 11.8 Å². The van der Waals surface area contributed by atoms with Gasteiger partial charge in [0.15, 0.2) is 11.9 Å². The Bertz CT molecular complexity index is 1520. The Morgan fingerprint density at radius 1 is 1.20 bits per heavy atom. The smallest absolute Gasteiger partial charge is 0.248 e. The van der Waals surface area contributed by atoms with Gasteiger partial charge >= 0.3 is 0 Å². The summed E-state index contributed by atoms with van der Waals surface area (Å²) in [5.41, 5.74) is 0.644. The van der Waals surface area contributed by atoms with Crippen LogP contribution in [0.2, 0.25) is 0 Å². The molecule has 2 N–H and O–H groups in total. The summed E-state index contributed by atoms with van der Waals surface area (Å²) in [6, 6.07) is 8.98. The third-order valence-corrected chi connectivity index (χ3v) is 7.89.